The summed E-state index contributed by atoms with van der Waals surface area (Å²) in [6, 6.07) is 18.3. The zero-order chi connectivity index (χ0) is 17.5. The van der Waals surface area contributed by atoms with Gasteiger partial charge in [0.25, 0.3) is 0 Å². The van der Waals surface area contributed by atoms with Crippen LogP contribution in [0.4, 0.5) is 5.95 Å². The molecule has 0 bridgehead atoms. The van der Waals surface area contributed by atoms with Gasteiger partial charge in [0, 0.05) is 11.9 Å². The molecule has 0 saturated heterocycles. The first-order valence-corrected chi connectivity index (χ1v) is 8.25. The fraction of sp³-hybridized carbons (Fsp3) is 0.0526. The molecule has 0 aliphatic rings. The molecule has 7 nitrogen and oxygen atoms in total. The Morgan fingerprint density at radius 1 is 0.885 bits per heavy atom. The van der Waals surface area contributed by atoms with Crippen molar-refractivity contribution in [1.29, 1.82) is 0 Å². The van der Waals surface area contributed by atoms with Gasteiger partial charge in [0.15, 0.2) is 5.65 Å². The van der Waals surface area contributed by atoms with E-state index in [9.17, 15) is 0 Å². The van der Waals surface area contributed by atoms with Crippen LogP contribution in [0.1, 0.15) is 5.82 Å². The van der Waals surface area contributed by atoms with E-state index >= 15 is 0 Å². The quantitative estimate of drug-likeness (QED) is 0.545. The van der Waals surface area contributed by atoms with E-state index in [1.165, 1.54) is 0 Å². The molecule has 2 aromatic carbocycles. The van der Waals surface area contributed by atoms with Gasteiger partial charge >= 0.3 is 0 Å². The third kappa shape index (κ3) is 2.29. The van der Waals surface area contributed by atoms with E-state index in [0.29, 0.717) is 12.2 Å². The Morgan fingerprint density at radius 3 is 2.58 bits per heavy atom. The first-order valence-electron chi connectivity index (χ1n) is 8.25. The molecule has 2 N–H and O–H groups in total. The summed E-state index contributed by atoms with van der Waals surface area (Å²) in [4.78, 5) is 13.2. The van der Waals surface area contributed by atoms with E-state index < -0.39 is 0 Å². The summed E-state index contributed by atoms with van der Waals surface area (Å²) >= 11 is 0. The predicted octanol–water partition coefficient (Wildman–Crippen LogP) is 2.80. The normalized spacial score (nSPS) is 11.4. The maximum Gasteiger partial charge on any atom is 0.222 e. The van der Waals surface area contributed by atoms with Gasteiger partial charge in [0.05, 0.1) is 22.6 Å². The van der Waals surface area contributed by atoms with Crippen molar-refractivity contribution in [2.45, 2.75) is 6.54 Å². The molecule has 3 aromatic heterocycles. The summed E-state index contributed by atoms with van der Waals surface area (Å²) in [5.74, 6) is 1.11. The van der Waals surface area contributed by atoms with E-state index in [0.717, 1.165) is 27.9 Å². The second-order valence-electron chi connectivity index (χ2n) is 6.00. The van der Waals surface area contributed by atoms with Crippen LogP contribution in [0.15, 0.2) is 67.0 Å². The Kier molecular flexibility index (Phi) is 3.18. The Bertz CT molecular complexity index is 1220. The number of rotatable bonds is 3. The van der Waals surface area contributed by atoms with Crippen LogP contribution in [0.5, 0.6) is 0 Å². The lowest BCUT2D eigenvalue weighted by Crippen LogP contribution is -2.09. The number of nitrogens with two attached hydrogens (primary N) is 1. The van der Waals surface area contributed by atoms with Crippen molar-refractivity contribution in [1.82, 2.24) is 29.3 Å². The molecule has 0 aliphatic carbocycles. The largest absolute Gasteiger partial charge is 0.368 e. The molecule has 5 aromatic rings. The maximum atomic E-state index is 5.74. The number of hydrogen-bond donors (Lipinski definition) is 1. The number of anilines is 1. The summed E-state index contributed by atoms with van der Waals surface area (Å²) < 4.78 is 3.95. The average molecular weight is 341 g/mol. The van der Waals surface area contributed by atoms with Gasteiger partial charge in [0.2, 0.25) is 5.95 Å². The highest BCUT2D eigenvalue weighted by Gasteiger charge is 2.14. The summed E-state index contributed by atoms with van der Waals surface area (Å²) in [6.07, 6.45) is 3.42. The van der Waals surface area contributed by atoms with Crippen LogP contribution in [0.2, 0.25) is 0 Å². The van der Waals surface area contributed by atoms with Crippen molar-refractivity contribution in [3.63, 3.8) is 0 Å². The van der Waals surface area contributed by atoms with Crippen LogP contribution in [-0.4, -0.2) is 29.3 Å². The molecule has 0 radical (unpaired) electrons. The van der Waals surface area contributed by atoms with Crippen LogP contribution in [0.3, 0.4) is 0 Å². The van der Waals surface area contributed by atoms with Crippen molar-refractivity contribution in [2.24, 2.45) is 0 Å². The zero-order valence-corrected chi connectivity index (χ0v) is 13.8. The van der Waals surface area contributed by atoms with Crippen molar-refractivity contribution in [3.8, 4) is 5.69 Å². The monoisotopic (exact) mass is 341 g/mol. The highest BCUT2D eigenvalue weighted by Crippen LogP contribution is 2.23. The lowest BCUT2D eigenvalue weighted by Gasteiger charge is -2.09. The Morgan fingerprint density at radius 2 is 1.69 bits per heavy atom. The van der Waals surface area contributed by atoms with Crippen LogP contribution in [-0.2, 0) is 6.54 Å². The van der Waals surface area contributed by atoms with Crippen LogP contribution < -0.4 is 5.73 Å². The van der Waals surface area contributed by atoms with Gasteiger partial charge in [-0.25, -0.2) is 14.6 Å². The minimum Gasteiger partial charge on any atom is -0.368 e. The number of hydrogen-bond acceptors (Lipinski definition) is 5. The Balaban J connectivity index is 1.70. The van der Waals surface area contributed by atoms with E-state index in [2.05, 4.69) is 37.8 Å². The Hall–Kier alpha value is -3.74. The van der Waals surface area contributed by atoms with Gasteiger partial charge in [-0.2, -0.15) is 10.1 Å². The molecule has 0 spiro atoms. The molecule has 0 amide bonds. The van der Waals surface area contributed by atoms with Crippen LogP contribution in [0.25, 0.3) is 27.8 Å². The first-order chi connectivity index (χ1) is 12.8. The van der Waals surface area contributed by atoms with Gasteiger partial charge in [-0.1, -0.05) is 30.3 Å². The molecular weight excluding hydrogens is 326 g/mol. The van der Waals surface area contributed by atoms with Gasteiger partial charge in [0.1, 0.15) is 12.4 Å². The molecule has 0 unspecified atom stereocenters. The molecule has 3 heterocycles. The molecular formula is C19H15N7. The molecule has 0 fully saturated rings. The number of nitrogen functional groups attached to an aromatic ring is 1. The minimum absolute atomic E-state index is 0.232. The number of benzene rings is 2. The number of imidazole rings is 1. The molecule has 0 atom stereocenters. The third-order valence-electron chi connectivity index (χ3n) is 4.33. The third-order valence-corrected chi connectivity index (χ3v) is 4.33. The van der Waals surface area contributed by atoms with Crippen LogP contribution in [0, 0.1) is 0 Å². The average Bonchev–Trinajstić information content (AvgIpc) is 3.23. The van der Waals surface area contributed by atoms with Gasteiger partial charge < -0.3 is 5.73 Å². The SMILES string of the molecule is Nc1ncc2cnn(Cc3nc4ccccc4n3-c3ccccc3)c2n1. The molecule has 0 aliphatic heterocycles. The smallest absolute Gasteiger partial charge is 0.222 e. The van der Waals surface area contributed by atoms with Crippen molar-refractivity contribution < 1.29 is 0 Å². The zero-order valence-electron chi connectivity index (χ0n) is 13.8. The lowest BCUT2D eigenvalue weighted by molar-refractivity contribution is 0.665. The summed E-state index contributed by atoms with van der Waals surface area (Å²) in [5, 5.41) is 5.29. The van der Waals surface area contributed by atoms with Gasteiger partial charge in [-0.15, -0.1) is 0 Å². The fourth-order valence-electron chi connectivity index (χ4n) is 3.18. The number of nitrogens with zero attached hydrogens (tertiary/aromatic N) is 6. The number of para-hydroxylation sites is 3. The molecule has 5 rings (SSSR count). The standard InChI is InChI=1S/C19H15N7/c20-19-21-10-13-11-22-25(18(13)24-19)12-17-23-15-8-4-5-9-16(15)26(17)14-6-2-1-3-7-14/h1-11H,12H2,(H2,20,21,24). The highest BCUT2D eigenvalue weighted by atomic mass is 15.3. The minimum atomic E-state index is 0.232. The van der Waals surface area contributed by atoms with E-state index in [1.54, 1.807) is 17.1 Å². The molecule has 126 valence electrons. The molecule has 7 heteroatoms. The second kappa shape index (κ2) is 5.66. The first kappa shape index (κ1) is 14.6. The Labute approximate surface area is 148 Å². The maximum absolute atomic E-state index is 5.74. The summed E-state index contributed by atoms with van der Waals surface area (Å²) in [5.41, 5.74) is 9.50. The number of fused-ring (bicyclic) bond motifs is 2. The van der Waals surface area contributed by atoms with E-state index in [4.69, 9.17) is 10.7 Å². The number of aromatic nitrogens is 6. The lowest BCUT2D eigenvalue weighted by atomic mass is 10.3. The van der Waals surface area contributed by atoms with Crippen LogP contribution >= 0.6 is 0 Å². The second-order valence-corrected chi connectivity index (χ2v) is 6.00. The van der Waals surface area contributed by atoms with Crippen molar-refractivity contribution >= 4 is 28.0 Å². The van der Waals surface area contributed by atoms with Gasteiger partial charge in [-0.3, -0.25) is 4.57 Å². The van der Waals surface area contributed by atoms with E-state index in [-0.39, 0.29) is 5.95 Å². The van der Waals surface area contributed by atoms with Crippen molar-refractivity contribution in [3.05, 3.63) is 72.8 Å². The summed E-state index contributed by atoms with van der Waals surface area (Å²) in [7, 11) is 0. The fourth-order valence-corrected chi connectivity index (χ4v) is 3.18. The van der Waals surface area contributed by atoms with Crippen molar-refractivity contribution in [2.75, 3.05) is 5.73 Å². The summed E-state index contributed by atoms with van der Waals surface area (Å²) in [6.45, 7) is 0.476. The predicted molar refractivity (Wildman–Crippen MR) is 99.9 cm³/mol. The molecule has 0 saturated carbocycles. The van der Waals surface area contributed by atoms with E-state index in [1.807, 2.05) is 36.4 Å². The highest BCUT2D eigenvalue weighted by molar-refractivity contribution is 5.78. The van der Waals surface area contributed by atoms with Gasteiger partial charge in [-0.05, 0) is 24.3 Å². The topological polar surface area (TPSA) is 87.4 Å². The molecule has 26 heavy (non-hydrogen) atoms.